The molecule has 0 aromatic heterocycles. The fourth-order valence-corrected chi connectivity index (χ4v) is 1.78. The lowest BCUT2D eigenvalue weighted by Gasteiger charge is -2.09. The standard InChI is InChI=1S/C14H11ClF2N2O/c15-10-3-1-8(5-12(10)17)7-19-13-6-9(14(18)20)2-4-11(13)16/h1-6,19H,7H2,(H2,18,20). The monoisotopic (exact) mass is 296 g/mol. The third-order valence-electron chi connectivity index (χ3n) is 2.72. The van der Waals surface area contributed by atoms with Crippen molar-refractivity contribution in [2.24, 2.45) is 5.73 Å². The van der Waals surface area contributed by atoms with E-state index in [0.29, 0.717) is 5.56 Å². The first kappa shape index (κ1) is 14.3. The largest absolute Gasteiger partial charge is 0.379 e. The molecule has 0 aliphatic carbocycles. The highest BCUT2D eigenvalue weighted by atomic mass is 35.5. The first-order valence-electron chi connectivity index (χ1n) is 5.74. The minimum absolute atomic E-state index is 0.0238. The number of carbonyl (C=O) groups excluding carboxylic acids is 1. The fraction of sp³-hybridized carbons (Fsp3) is 0.0714. The van der Waals surface area contributed by atoms with Gasteiger partial charge in [0.05, 0.1) is 10.7 Å². The van der Waals surface area contributed by atoms with E-state index in [4.69, 9.17) is 17.3 Å². The predicted octanol–water partition coefficient (Wildman–Crippen LogP) is 3.33. The summed E-state index contributed by atoms with van der Waals surface area (Å²) >= 11 is 5.57. The molecule has 0 unspecified atom stereocenters. The van der Waals surface area contributed by atoms with Crippen molar-refractivity contribution in [3.63, 3.8) is 0 Å². The number of benzene rings is 2. The van der Waals surface area contributed by atoms with Crippen LogP contribution < -0.4 is 11.1 Å². The Morgan fingerprint density at radius 2 is 1.90 bits per heavy atom. The second-order valence-electron chi connectivity index (χ2n) is 4.16. The van der Waals surface area contributed by atoms with Crippen molar-refractivity contribution in [1.29, 1.82) is 0 Å². The number of anilines is 1. The Labute approximate surface area is 119 Å². The lowest BCUT2D eigenvalue weighted by atomic mass is 10.1. The SMILES string of the molecule is NC(=O)c1ccc(F)c(NCc2ccc(Cl)c(F)c2)c1. The minimum Gasteiger partial charge on any atom is -0.379 e. The maximum atomic E-state index is 13.6. The van der Waals surface area contributed by atoms with Gasteiger partial charge in [-0.3, -0.25) is 4.79 Å². The van der Waals surface area contributed by atoms with Crippen molar-refractivity contribution in [2.45, 2.75) is 6.54 Å². The molecule has 0 atom stereocenters. The van der Waals surface area contributed by atoms with Crippen LogP contribution in [0.15, 0.2) is 36.4 Å². The molecule has 2 rings (SSSR count). The van der Waals surface area contributed by atoms with Gasteiger partial charge < -0.3 is 11.1 Å². The summed E-state index contributed by atoms with van der Waals surface area (Å²) in [7, 11) is 0. The number of hydrogen-bond acceptors (Lipinski definition) is 2. The molecule has 2 aromatic rings. The van der Waals surface area contributed by atoms with Gasteiger partial charge in [0.15, 0.2) is 0 Å². The minimum atomic E-state index is -0.648. The number of primary amides is 1. The Kier molecular flexibility index (Phi) is 4.20. The number of nitrogens with two attached hydrogens (primary N) is 1. The Morgan fingerprint density at radius 3 is 2.55 bits per heavy atom. The van der Waals surface area contributed by atoms with E-state index in [1.807, 2.05) is 0 Å². The molecule has 104 valence electrons. The molecule has 0 radical (unpaired) electrons. The Balaban J connectivity index is 2.15. The van der Waals surface area contributed by atoms with Crippen LogP contribution in [0.1, 0.15) is 15.9 Å². The molecule has 0 fully saturated rings. The van der Waals surface area contributed by atoms with Gasteiger partial charge in [0, 0.05) is 12.1 Å². The molecule has 0 heterocycles. The van der Waals surface area contributed by atoms with Crippen molar-refractivity contribution < 1.29 is 13.6 Å². The van der Waals surface area contributed by atoms with Crippen molar-refractivity contribution in [2.75, 3.05) is 5.32 Å². The van der Waals surface area contributed by atoms with Crippen molar-refractivity contribution in [3.05, 3.63) is 64.2 Å². The molecule has 20 heavy (non-hydrogen) atoms. The van der Waals surface area contributed by atoms with Crippen LogP contribution in [-0.4, -0.2) is 5.91 Å². The highest BCUT2D eigenvalue weighted by molar-refractivity contribution is 6.30. The van der Waals surface area contributed by atoms with Crippen LogP contribution in [0.5, 0.6) is 0 Å². The molecule has 3 N–H and O–H groups in total. The number of carbonyl (C=O) groups is 1. The molecule has 0 aliphatic rings. The van der Waals surface area contributed by atoms with E-state index in [1.54, 1.807) is 6.07 Å². The normalized spacial score (nSPS) is 10.3. The van der Waals surface area contributed by atoms with Gasteiger partial charge in [-0.1, -0.05) is 17.7 Å². The summed E-state index contributed by atoms with van der Waals surface area (Å²) in [5, 5.41) is 2.80. The lowest BCUT2D eigenvalue weighted by Crippen LogP contribution is -2.12. The molecule has 0 aliphatic heterocycles. The highest BCUT2D eigenvalue weighted by Gasteiger charge is 2.07. The maximum absolute atomic E-state index is 13.6. The van der Waals surface area contributed by atoms with Crippen LogP contribution in [0.3, 0.4) is 0 Å². The van der Waals surface area contributed by atoms with Crippen LogP contribution in [0.2, 0.25) is 5.02 Å². The Bertz CT molecular complexity index is 662. The lowest BCUT2D eigenvalue weighted by molar-refractivity contribution is 0.100. The number of halogens is 3. The summed E-state index contributed by atoms with van der Waals surface area (Å²) in [5.74, 6) is -1.72. The number of nitrogens with one attached hydrogen (secondary N) is 1. The molecule has 6 heteroatoms. The van der Waals surface area contributed by atoms with E-state index in [1.165, 1.54) is 24.3 Å². The first-order chi connectivity index (χ1) is 9.47. The molecule has 0 saturated heterocycles. The zero-order chi connectivity index (χ0) is 14.7. The number of amides is 1. The average molecular weight is 297 g/mol. The second kappa shape index (κ2) is 5.88. The van der Waals surface area contributed by atoms with Crippen molar-refractivity contribution >= 4 is 23.2 Å². The van der Waals surface area contributed by atoms with Gasteiger partial charge in [-0.05, 0) is 35.9 Å². The third-order valence-corrected chi connectivity index (χ3v) is 3.02. The van der Waals surface area contributed by atoms with Crippen LogP contribution in [0, 0.1) is 11.6 Å². The summed E-state index contributed by atoms with van der Waals surface area (Å²) in [6, 6.07) is 8.04. The van der Waals surface area contributed by atoms with Gasteiger partial charge in [-0.25, -0.2) is 8.78 Å². The average Bonchev–Trinajstić information content (AvgIpc) is 2.41. The Morgan fingerprint density at radius 1 is 1.15 bits per heavy atom. The first-order valence-corrected chi connectivity index (χ1v) is 6.12. The predicted molar refractivity (Wildman–Crippen MR) is 73.7 cm³/mol. The van der Waals surface area contributed by atoms with E-state index < -0.39 is 17.5 Å². The zero-order valence-electron chi connectivity index (χ0n) is 10.3. The van der Waals surface area contributed by atoms with Crippen LogP contribution in [0.4, 0.5) is 14.5 Å². The quantitative estimate of drug-likeness (QED) is 0.909. The summed E-state index contributed by atoms with van der Waals surface area (Å²) < 4.78 is 26.8. The summed E-state index contributed by atoms with van der Waals surface area (Å²) in [4.78, 5) is 11.0. The summed E-state index contributed by atoms with van der Waals surface area (Å²) in [6.45, 7) is 0.188. The molecule has 0 saturated carbocycles. The van der Waals surface area contributed by atoms with Gasteiger partial charge in [0.2, 0.25) is 5.91 Å². The number of hydrogen-bond donors (Lipinski definition) is 2. The van der Waals surface area contributed by atoms with E-state index in [0.717, 1.165) is 6.07 Å². The molecule has 3 nitrogen and oxygen atoms in total. The van der Waals surface area contributed by atoms with Gasteiger partial charge in [-0.15, -0.1) is 0 Å². The van der Waals surface area contributed by atoms with E-state index in [9.17, 15) is 13.6 Å². The van der Waals surface area contributed by atoms with Gasteiger partial charge >= 0.3 is 0 Å². The number of rotatable bonds is 4. The van der Waals surface area contributed by atoms with Crippen molar-refractivity contribution in [3.8, 4) is 0 Å². The van der Waals surface area contributed by atoms with Crippen molar-refractivity contribution in [1.82, 2.24) is 0 Å². The zero-order valence-corrected chi connectivity index (χ0v) is 11.0. The summed E-state index contributed by atoms with van der Waals surface area (Å²) in [5.41, 5.74) is 6.03. The fourth-order valence-electron chi connectivity index (χ4n) is 1.66. The van der Waals surface area contributed by atoms with E-state index in [2.05, 4.69) is 5.32 Å². The summed E-state index contributed by atoms with van der Waals surface area (Å²) in [6.07, 6.45) is 0. The molecule has 0 spiro atoms. The van der Waals surface area contributed by atoms with Crippen LogP contribution >= 0.6 is 11.6 Å². The highest BCUT2D eigenvalue weighted by Crippen LogP contribution is 2.19. The molecule has 0 bridgehead atoms. The smallest absolute Gasteiger partial charge is 0.248 e. The molecule has 1 amide bonds. The topological polar surface area (TPSA) is 55.1 Å². The third kappa shape index (κ3) is 3.24. The molecule has 2 aromatic carbocycles. The Hall–Kier alpha value is -2.14. The van der Waals surface area contributed by atoms with E-state index in [-0.39, 0.29) is 22.8 Å². The second-order valence-corrected chi connectivity index (χ2v) is 4.57. The molecular formula is C14H11ClF2N2O. The van der Waals surface area contributed by atoms with Gasteiger partial charge in [0.25, 0.3) is 0 Å². The van der Waals surface area contributed by atoms with Crippen LogP contribution in [-0.2, 0) is 6.54 Å². The van der Waals surface area contributed by atoms with E-state index >= 15 is 0 Å². The van der Waals surface area contributed by atoms with Crippen LogP contribution in [0.25, 0.3) is 0 Å². The van der Waals surface area contributed by atoms with Gasteiger partial charge in [0.1, 0.15) is 11.6 Å². The molecular weight excluding hydrogens is 286 g/mol. The van der Waals surface area contributed by atoms with Gasteiger partial charge in [-0.2, -0.15) is 0 Å². The maximum Gasteiger partial charge on any atom is 0.248 e.